The molecule has 4 heteroatoms. The number of nitrogens with zero attached hydrogens (tertiary/aromatic N) is 2. The first kappa shape index (κ1) is 11.5. The maximum atomic E-state index is 14.4. The number of pyridine rings is 1. The van der Waals surface area contributed by atoms with Gasteiger partial charge in [0.1, 0.15) is 5.39 Å². The lowest BCUT2D eigenvalue weighted by Crippen LogP contribution is -2.20. The fraction of sp³-hybridized carbons (Fsp3) is 0.500. The van der Waals surface area contributed by atoms with Gasteiger partial charge in [-0.2, -0.15) is 0 Å². The minimum atomic E-state index is -0.316. The molecule has 0 saturated heterocycles. The molecular weight excluding hydrogens is 231 g/mol. The standard InChI is InChI=1S/C14H17FN2O/c1-4-16-6-5-9-11(13(16)18)12(15)10-7-14(2,3)8-17(9)10/h5-6H,4,7-8H2,1-3H3. The van der Waals surface area contributed by atoms with Gasteiger partial charge in [-0.05, 0) is 24.8 Å². The molecule has 0 unspecified atom stereocenters. The van der Waals surface area contributed by atoms with Crippen molar-refractivity contribution in [3.8, 4) is 0 Å². The van der Waals surface area contributed by atoms with E-state index in [1.165, 1.54) is 0 Å². The summed E-state index contributed by atoms with van der Waals surface area (Å²) in [7, 11) is 0. The van der Waals surface area contributed by atoms with Gasteiger partial charge in [0.25, 0.3) is 5.56 Å². The van der Waals surface area contributed by atoms with Crippen molar-refractivity contribution in [3.05, 3.63) is 34.1 Å². The van der Waals surface area contributed by atoms with Gasteiger partial charge in [-0.3, -0.25) is 4.79 Å². The quantitative estimate of drug-likeness (QED) is 0.762. The van der Waals surface area contributed by atoms with Crippen LogP contribution in [0, 0.1) is 11.2 Å². The van der Waals surface area contributed by atoms with Gasteiger partial charge < -0.3 is 9.13 Å². The van der Waals surface area contributed by atoms with Crippen molar-refractivity contribution in [3.63, 3.8) is 0 Å². The highest BCUT2D eigenvalue weighted by Gasteiger charge is 2.34. The van der Waals surface area contributed by atoms with E-state index < -0.39 is 0 Å². The summed E-state index contributed by atoms with van der Waals surface area (Å²) in [6, 6.07) is 1.86. The number of hydrogen-bond acceptors (Lipinski definition) is 1. The Morgan fingerprint density at radius 2 is 2.17 bits per heavy atom. The maximum Gasteiger partial charge on any atom is 0.262 e. The molecule has 0 atom stereocenters. The topological polar surface area (TPSA) is 26.9 Å². The van der Waals surface area contributed by atoms with Gasteiger partial charge in [-0.25, -0.2) is 4.39 Å². The predicted octanol–water partition coefficient (Wildman–Crippen LogP) is 2.54. The fourth-order valence-electron chi connectivity index (χ4n) is 2.94. The van der Waals surface area contributed by atoms with E-state index in [0.29, 0.717) is 18.7 Å². The third-order valence-corrected chi connectivity index (χ3v) is 3.81. The Hall–Kier alpha value is -1.58. The van der Waals surface area contributed by atoms with Crippen molar-refractivity contribution in [1.29, 1.82) is 0 Å². The zero-order valence-corrected chi connectivity index (χ0v) is 11.0. The average molecular weight is 248 g/mol. The summed E-state index contributed by atoms with van der Waals surface area (Å²) < 4.78 is 17.9. The Morgan fingerprint density at radius 1 is 1.44 bits per heavy atom. The summed E-state index contributed by atoms with van der Waals surface area (Å²) >= 11 is 0. The van der Waals surface area contributed by atoms with E-state index >= 15 is 0 Å². The lowest BCUT2D eigenvalue weighted by molar-refractivity contribution is 0.361. The molecule has 1 aliphatic rings. The van der Waals surface area contributed by atoms with E-state index in [1.54, 1.807) is 10.8 Å². The number of halogens is 1. The summed E-state index contributed by atoms with van der Waals surface area (Å²) in [6.45, 7) is 7.48. The molecule has 0 radical (unpaired) electrons. The second kappa shape index (κ2) is 3.46. The lowest BCUT2D eigenvalue weighted by Gasteiger charge is -2.15. The summed E-state index contributed by atoms with van der Waals surface area (Å²) in [4.78, 5) is 12.2. The Bertz CT molecular complexity index is 694. The molecule has 2 aromatic heterocycles. The zero-order chi connectivity index (χ0) is 13.1. The van der Waals surface area contributed by atoms with Crippen LogP contribution in [0.15, 0.2) is 17.1 Å². The van der Waals surface area contributed by atoms with Gasteiger partial charge in [0.2, 0.25) is 0 Å². The van der Waals surface area contributed by atoms with Crippen LogP contribution in [0.4, 0.5) is 4.39 Å². The summed E-state index contributed by atoms with van der Waals surface area (Å²) in [5, 5.41) is 0.254. The van der Waals surface area contributed by atoms with Crippen molar-refractivity contribution in [2.45, 2.75) is 40.3 Å². The normalized spacial score (nSPS) is 17.3. The van der Waals surface area contributed by atoms with Crippen LogP contribution in [0.2, 0.25) is 0 Å². The first-order valence-electron chi connectivity index (χ1n) is 6.34. The lowest BCUT2D eigenvalue weighted by atomic mass is 9.91. The molecule has 0 aromatic carbocycles. The average Bonchev–Trinajstić information content (AvgIpc) is 2.74. The molecule has 0 saturated carbocycles. The summed E-state index contributed by atoms with van der Waals surface area (Å²) in [5.74, 6) is -0.316. The summed E-state index contributed by atoms with van der Waals surface area (Å²) in [6.07, 6.45) is 2.45. The van der Waals surface area contributed by atoms with E-state index in [2.05, 4.69) is 13.8 Å². The van der Waals surface area contributed by atoms with E-state index in [9.17, 15) is 9.18 Å². The molecule has 1 aliphatic heterocycles. The molecular formula is C14H17FN2O. The monoisotopic (exact) mass is 248 g/mol. The number of hydrogen-bond donors (Lipinski definition) is 0. The van der Waals surface area contributed by atoms with Crippen LogP contribution in [0.3, 0.4) is 0 Å². The van der Waals surface area contributed by atoms with Crippen LogP contribution in [-0.2, 0) is 19.5 Å². The van der Waals surface area contributed by atoms with Gasteiger partial charge in [0.05, 0.1) is 11.2 Å². The second-order valence-corrected chi connectivity index (χ2v) is 5.85. The second-order valence-electron chi connectivity index (χ2n) is 5.85. The van der Waals surface area contributed by atoms with E-state index in [4.69, 9.17) is 0 Å². The van der Waals surface area contributed by atoms with Crippen LogP contribution in [0.1, 0.15) is 26.5 Å². The minimum absolute atomic E-state index is 0.0734. The summed E-state index contributed by atoms with van der Waals surface area (Å²) in [5.41, 5.74) is 1.28. The van der Waals surface area contributed by atoms with E-state index in [-0.39, 0.29) is 22.2 Å². The molecule has 3 nitrogen and oxygen atoms in total. The fourth-order valence-corrected chi connectivity index (χ4v) is 2.94. The van der Waals surface area contributed by atoms with Gasteiger partial charge in [0.15, 0.2) is 5.82 Å². The molecule has 96 valence electrons. The molecule has 18 heavy (non-hydrogen) atoms. The highest BCUT2D eigenvalue weighted by Crippen LogP contribution is 2.37. The Kier molecular flexibility index (Phi) is 2.22. The van der Waals surface area contributed by atoms with E-state index in [0.717, 1.165) is 12.1 Å². The first-order valence-corrected chi connectivity index (χ1v) is 6.34. The third kappa shape index (κ3) is 1.38. The molecule has 3 rings (SSSR count). The van der Waals surface area contributed by atoms with Gasteiger partial charge in [-0.15, -0.1) is 0 Å². The van der Waals surface area contributed by atoms with Gasteiger partial charge in [0, 0.05) is 19.3 Å². The Labute approximate surface area is 105 Å². The highest BCUT2D eigenvalue weighted by atomic mass is 19.1. The van der Waals surface area contributed by atoms with Crippen LogP contribution >= 0.6 is 0 Å². The van der Waals surface area contributed by atoms with Crippen molar-refractivity contribution >= 4 is 10.9 Å². The van der Waals surface area contributed by atoms with Crippen LogP contribution in [0.5, 0.6) is 0 Å². The third-order valence-electron chi connectivity index (χ3n) is 3.81. The zero-order valence-electron chi connectivity index (χ0n) is 11.0. The van der Waals surface area contributed by atoms with Crippen molar-refractivity contribution in [1.82, 2.24) is 9.13 Å². The molecule has 3 heterocycles. The molecule has 0 aliphatic carbocycles. The molecule has 0 fully saturated rings. The number of aromatic nitrogens is 2. The Balaban J connectivity index is 2.36. The number of aryl methyl sites for hydroxylation is 1. The van der Waals surface area contributed by atoms with Crippen LogP contribution in [0.25, 0.3) is 10.9 Å². The smallest absolute Gasteiger partial charge is 0.262 e. The molecule has 0 N–H and O–H groups in total. The predicted molar refractivity (Wildman–Crippen MR) is 69.3 cm³/mol. The van der Waals surface area contributed by atoms with Crippen molar-refractivity contribution in [2.24, 2.45) is 5.41 Å². The minimum Gasteiger partial charge on any atom is -0.341 e. The first-order chi connectivity index (χ1) is 8.44. The van der Waals surface area contributed by atoms with Gasteiger partial charge >= 0.3 is 0 Å². The number of rotatable bonds is 1. The van der Waals surface area contributed by atoms with Crippen LogP contribution < -0.4 is 5.56 Å². The molecule has 0 spiro atoms. The van der Waals surface area contributed by atoms with Crippen LogP contribution in [-0.4, -0.2) is 9.13 Å². The largest absolute Gasteiger partial charge is 0.341 e. The Morgan fingerprint density at radius 3 is 2.83 bits per heavy atom. The van der Waals surface area contributed by atoms with Gasteiger partial charge in [-0.1, -0.05) is 13.8 Å². The van der Waals surface area contributed by atoms with Crippen molar-refractivity contribution < 1.29 is 4.39 Å². The maximum absolute atomic E-state index is 14.4. The molecule has 0 amide bonds. The highest BCUT2D eigenvalue weighted by molar-refractivity contribution is 5.81. The van der Waals surface area contributed by atoms with E-state index in [1.807, 2.05) is 17.6 Å². The SMILES string of the molecule is CCn1ccc2c(c(F)c3n2CC(C)(C)C3)c1=O. The number of fused-ring (bicyclic) bond motifs is 3. The molecule has 0 bridgehead atoms. The van der Waals surface area contributed by atoms with Crippen molar-refractivity contribution in [2.75, 3.05) is 0 Å². The molecule has 2 aromatic rings.